The van der Waals surface area contributed by atoms with E-state index in [1.54, 1.807) is 0 Å². The van der Waals surface area contributed by atoms with Crippen LogP contribution in [0.5, 0.6) is 0 Å². The van der Waals surface area contributed by atoms with Crippen molar-refractivity contribution in [1.82, 2.24) is 25.3 Å². The number of nitrogens with one attached hydrogen (secondary N) is 3. The molecule has 0 saturated carbocycles. The number of fused-ring (bicyclic) bond motifs is 8. The molecule has 0 aromatic carbocycles. The van der Waals surface area contributed by atoms with E-state index < -0.39 is 31.0 Å². The van der Waals surface area contributed by atoms with Gasteiger partial charge >= 0.3 is 0 Å². The van der Waals surface area contributed by atoms with Gasteiger partial charge < -0.3 is 35.3 Å². The molecule has 10 nitrogen and oxygen atoms in total. The molecule has 3 aliphatic heterocycles. The summed E-state index contributed by atoms with van der Waals surface area (Å²) in [5, 5.41) is 33.0. The molecule has 6 N–H and O–H groups in total. The molecule has 1 fully saturated rings. The van der Waals surface area contributed by atoms with Gasteiger partial charge in [0.05, 0.1) is 30.6 Å². The number of aromatic nitrogens is 4. The lowest BCUT2D eigenvalue weighted by molar-refractivity contribution is -0.164. The minimum atomic E-state index is -1.28. The first kappa shape index (κ1) is 34.0. The Morgan fingerprint density at radius 3 is 2.33 bits per heavy atom. The fraction of sp³-hybridized carbons (Fsp3) is 0.500. The number of allylic oxidation sites excluding steroid dienone is 2. The van der Waals surface area contributed by atoms with Crippen molar-refractivity contribution in [2.75, 3.05) is 13.2 Å². The van der Waals surface area contributed by atoms with Gasteiger partial charge in [0.2, 0.25) is 5.91 Å². The van der Waals surface area contributed by atoms with E-state index in [2.05, 4.69) is 88.0 Å². The summed E-state index contributed by atoms with van der Waals surface area (Å²) in [4.78, 5) is 30.9. The van der Waals surface area contributed by atoms with Crippen LogP contribution in [0.2, 0.25) is 0 Å². The predicted molar refractivity (Wildman–Crippen MR) is 189 cm³/mol. The van der Waals surface area contributed by atoms with Crippen molar-refractivity contribution in [2.24, 2.45) is 0 Å². The van der Waals surface area contributed by atoms with Crippen molar-refractivity contribution < 1.29 is 24.9 Å². The van der Waals surface area contributed by atoms with Gasteiger partial charge in [-0.15, -0.1) is 0 Å². The molecule has 0 aliphatic carbocycles. The summed E-state index contributed by atoms with van der Waals surface area (Å²) in [6, 6.07) is 7.91. The number of H-pyrrole nitrogens is 2. The lowest BCUT2D eigenvalue weighted by atomic mass is 9.86. The van der Waals surface area contributed by atoms with Crippen molar-refractivity contribution in [2.45, 2.75) is 110 Å². The van der Waals surface area contributed by atoms with Gasteiger partial charge in [-0.1, -0.05) is 20.8 Å². The van der Waals surface area contributed by atoms with Crippen LogP contribution in [-0.2, 0) is 16.0 Å². The van der Waals surface area contributed by atoms with Crippen LogP contribution in [-0.4, -0.2) is 78.7 Å². The van der Waals surface area contributed by atoms with E-state index in [4.69, 9.17) is 14.7 Å². The topological polar surface area (TPSA) is 156 Å². The first-order valence-electron chi connectivity index (χ1n) is 17.2. The quantitative estimate of drug-likeness (QED) is 0.199. The van der Waals surface area contributed by atoms with Crippen molar-refractivity contribution in [3.8, 4) is 0 Å². The molecule has 0 radical (unpaired) electrons. The number of aliphatic hydroxyl groups is 3. The molecule has 3 aliphatic rings. The predicted octanol–water partition coefficient (Wildman–Crippen LogP) is 5.41. The summed E-state index contributed by atoms with van der Waals surface area (Å²) in [6.45, 7) is 14.7. The number of carbonyl (C=O) groups excluding carboxylic acids is 1. The number of rotatable bonds is 7. The van der Waals surface area contributed by atoms with Crippen molar-refractivity contribution >= 4 is 39.1 Å². The smallest absolute Gasteiger partial charge is 0.220 e. The Morgan fingerprint density at radius 2 is 1.62 bits per heavy atom. The number of carbonyl (C=O) groups is 1. The molecule has 3 aromatic heterocycles. The monoisotopic (exact) mass is 655 g/mol. The average molecular weight is 656 g/mol. The van der Waals surface area contributed by atoms with Gasteiger partial charge in [-0.05, 0) is 105 Å². The van der Waals surface area contributed by atoms with Gasteiger partial charge in [-0.2, -0.15) is 0 Å². The molecule has 0 spiro atoms. The van der Waals surface area contributed by atoms with Gasteiger partial charge in [0.1, 0.15) is 18.3 Å². The Balaban J connectivity index is 1.44. The molecule has 10 heteroatoms. The highest BCUT2D eigenvalue weighted by Gasteiger charge is 2.39. The standard InChI is InChI=1S/C38H49N5O5/c1-8-23-20(5)29-15-32-24(9-2)19(4)28(40-32)14-30-21(6)25(10-11-35(45)42-33-17-48-34(16-44)38(47)37(33)46)36(43-30)22(7)27-12-18(3)26(39-27)13-31(23)41-29/h12-15,21,25,33-34,37-40,44,46-47H,8-11,16-17H2,1-7H3,(H,42,45)/t21-,25-,33-,34+,37+,38+/m0/s1. The van der Waals surface area contributed by atoms with Crippen LogP contribution in [0.1, 0.15) is 104 Å². The summed E-state index contributed by atoms with van der Waals surface area (Å²) in [7, 11) is 0. The SMILES string of the molecule is CCC1=C(C)c2cc3[nH]c(cc4nc(c(C)c5cc(C)c(cc1n2)[nH]5)[C@@H](CCC(=O)N[C@H]1CO[C@H](CO)[C@@H](O)[C@@H]1O)[C@@H]4C)c(C)c3CC. The van der Waals surface area contributed by atoms with Gasteiger partial charge in [0.25, 0.3) is 0 Å². The lowest BCUT2D eigenvalue weighted by Crippen LogP contribution is -2.59. The highest BCUT2D eigenvalue weighted by atomic mass is 16.5. The lowest BCUT2D eigenvalue weighted by Gasteiger charge is -2.37. The summed E-state index contributed by atoms with van der Waals surface area (Å²) < 4.78 is 5.46. The van der Waals surface area contributed by atoms with Crippen molar-refractivity contribution in [1.29, 1.82) is 0 Å². The van der Waals surface area contributed by atoms with E-state index in [-0.39, 0.29) is 30.8 Å². The fourth-order valence-electron chi connectivity index (χ4n) is 7.64. The molecule has 6 atom stereocenters. The van der Waals surface area contributed by atoms with Gasteiger partial charge in [-0.25, -0.2) is 4.98 Å². The number of amides is 1. The number of aromatic amines is 2. The molecular formula is C38H49N5O5. The zero-order valence-electron chi connectivity index (χ0n) is 29.1. The van der Waals surface area contributed by atoms with Crippen molar-refractivity contribution in [3.05, 3.63) is 69.3 Å². The Kier molecular flexibility index (Phi) is 9.64. The van der Waals surface area contributed by atoms with Crippen LogP contribution in [0.3, 0.4) is 0 Å². The third-order valence-electron chi connectivity index (χ3n) is 10.8. The second-order valence-electron chi connectivity index (χ2n) is 13.7. The van der Waals surface area contributed by atoms with Gasteiger partial charge in [0, 0.05) is 51.7 Å². The van der Waals surface area contributed by atoms with Gasteiger partial charge in [0.15, 0.2) is 0 Å². The van der Waals surface area contributed by atoms with Gasteiger partial charge in [-0.3, -0.25) is 9.78 Å². The fourth-order valence-corrected chi connectivity index (χ4v) is 7.64. The molecule has 8 bridgehead atoms. The van der Waals surface area contributed by atoms with E-state index in [0.29, 0.717) is 6.42 Å². The van der Waals surface area contributed by atoms with Crippen LogP contribution in [0, 0.1) is 20.8 Å². The Labute approximate surface area is 281 Å². The number of aliphatic hydroxyl groups excluding tert-OH is 3. The Hall–Kier alpha value is -3.83. The van der Waals surface area contributed by atoms with Crippen LogP contribution in [0.25, 0.3) is 33.2 Å². The minimum absolute atomic E-state index is 0.0163. The van der Waals surface area contributed by atoms with E-state index in [1.165, 1.54) is 22.3 Å². The summed E-state index contributed by atoms with van der Waals surface area (Å²) in [6.07, 6.45) is -0.841. The molecule has 1 saturated heterocycles. The zero-order valence-corrected chi connectivity index (χ0v) is 29.1. The van der Waals surface area contributed by atoms with Crippen LogP contribution >= 0.6 is 0 Å². The highest BCUT2D eigenvalue weighted by molar-refractivity contribution is 5.92. The minimum Gasteiger partial charge on any atom is -0.394 e. The average Bonchev–Trinajstić information content (AvgIpc) is 3.76. The van der Waals surface area contributed by atoms with E-state index in [9.17, 15) is 20.1 Å². The summed E-state index contributed by atoms with van der Waals surface area (Å²) >= 11 is 0. The molecular weight excluding hydrogens is 606 g/mol. The number of aryl methyl sites for hydroxylation is 4. The number of ether oxygens (including phenoxy) is 1. The Morgan fingerprint density at radius 1 is 0.917 bits per heavy atom. The largest absolute Gasteiger partial charge is 0.394 e. The summed E-state index contributed by atoms with van der Waals surface area (Å²) in [5.41, 5.74) is 15.0. The second kappa shape index (κ2) is 13.6. The molecule has 6 rings (SSSR count). The molecule has 6 heterocycles. The van der Waals surface area contributed by atoms with E-state index in [0.717, 1.165) is 68.8 Å². The van der Waals surface area contributed by atoms with E-state index in [1.807, 2.05) is 0 Å². The molecule has 256 valence electrons. The molecule has 3 aromatic rings. The van der Waals surface area contributed by atoms with Crippen molar-refractivity contribution in [3.63, 3.8) is 0 Å². The molecule has 48 heavy (non-hydrogen) atoms. The molecule has 1 amide bonds. The van der Waals surface area contributed by atoms with E-state index >= 15 is 0 Å². The molecule has 0 unspecified atom stereocenters. The maximum atomic E-state index is 13.2. The third kappa shape index (κ3) is 6.11. The maximum absolute atomic E-state index is 13.2. The highest BCUT2D eigenvalue weighted by Crippen LogP contribution is 2.42. The normalized spacial score (nSPS) is 24.3. The first-order valence-corrected chi connectivity index (χ1v) is 17.2. The third-order valence-corrected chi connectivity index (χ3v) is 10.8. The Bertz CT molecular complexity index is 1920. The maximum Gasteiger partial charge on any atom is 0.220 e. The summed E-state index contributed by atoms with van der Waals surface area (Å²) in [5.74, 6) is -0.211. The zero-order chi connectivity index (χ0) is 34.4. The number of hydrogen-bond donors (Lipinski definition) is 6. The second-order valence-corrected chi connectivity index (χ2v) is 13.7. The van der Waals surface area contributed by atoms with Crippen LogP contribution in [0.4, 0.5) is 0 Å². The number of hydrogen-bond acceptors (Lipinski definition) is 7. The first-order chi connectivity index (χ1) is 22.9. The number of nitrogens with zero attached hydrogens (tertiary/aromatic N) is 2. The van der Waals surface area contributed by atoms with Crippen LogP contribution in [0.15, 0.2) is 24.3 Å². The van der Waals surface area contributed by atoms with Crippen LogP contribution < -0.4 is 5.32 Å².